The zero-order valence-electron chi connectivity index (χ0n) is 42.9. The number of ether oxygens (including phenoxy) is 1. The van der Waals surface area contributed by atoms with Crippen LogP contribution in [0, 0.1) is 3.80 Å². The fraction of sp³-hybridized carbons (Fsp3) is 0.250. The first-order chi connectivity index (χ1) is 33.6. The van der Waals surface area contributed by atoms with Crippen LogP contribution in [-0.2, 0) is 41.0 Å². The molecule has 12 rings (SSSR count). The summed E-state index contributed by atoms with van der Waals surface area (Å²) in [6, 6.07) is 54.0. The summed E-state index contributed by atoms with van der Waals surface area (Å²) in [7, 11) is 0. The van der Waals surface area contributed by atoms with Crippen molar-refractivity contribution in [1.29, 1.82) is 0 Å². The summed E-state index contributed by atoms with van der Waals surface area (Å²) in [4.78, 5) is 5.10. The second-order valence-corrected chi connectivity index (χ2v) is 24.9. The topological polar surface area (TPSA) is 41.3 Å². The quantitative estimate of drug-likeness (QED) is 0.172. The summed E-state index contributed by atoms with van der Waals surface area (Å²) in [6.45, 7) is 27.5. The van der Waals surface area contributed by atoms with Crippen LogP contribution in [0.2, 0.25) is 0 Å². The minimum atomic E-state index is -0.156. The van der Waals surface area contributed by atoms with Crippen LogP contribution in [0.4, 0.5) is 0 Å². The van der Waals surface area contributed by atoms with Gasteiger partial charge in [-0.15, -0.1) is 0 Å². The monoisotopic (exact) mass is 1110 g/mol. The molecule has 0 atom stereocenters. The molecule has 71 heavy (non-hydrogen) atoms. The molecule has 0 fully saturated rings. The molecule has 358 valence electrons. The number of hydrogen-bond donors (Lipinski definition) is 0. The minimum absolute atomic E-state index is 0.0183. The summed E-state index contributed by atoms with van der Waals surface area (Å²) in [5.74, 6) is 2.43. The Morgan fingerprint density at radius 3 is 1.54 bits per heavy atom. The number of fused-ring (bicyclic) bond motifs is 10. The molecule has 0 radical (unpaired) electrons. The van der Waals surface area contributed by atoms with Gasteiger partial charge in [-0.2, -0.15) is 0 Å². The number of rotatable bonds is 5. The molecule has 0 amide bonds. The van der Waals surface area contributed by atoms with E-state index >= 15 is 0 Å². The Bertz CT molecular complexity index is 4170. The van der Waals surface area contributed by atoms with Crippen molar-refractivity contribution >= 4 is 70.9 Å². The molecule has 0 aliphatic rings. The molecule has 7 heteroatoms. The van der Waals surface area contributed by atoms with Crippen LogP contribution >= 0.6 is 0 Å². The first kappa shape index (κ1) is 45.4. The van der Waals surface area contributed by atoms with Gasteiger partial charge in [-0.25, -0.2) is 0 Å². The molecule has 0 N–H and O–H groups in total. The van der Waals surface area contributed by atoms with E-state index in [1.807, 2.05) is 6.20 Å². The summed E-state index contributed by atoms with van der Waals surface area (Å²) >= 11 is 2.54. The Balaban J connectivity index is 1.06. The van der Waals surface area contributed by atoms with Gasteiger partial charge in [-0.1, -0.05) is 57.2 Å². The van der Waals surface area contributed by atoms with Crippen LogP contribution in [0.3, 0.4) is 0 Å². The predicted molar refractivity (Wildman–Crippen MR) is 294 cm³/mol. The third kappa shape index (κ3) is 7.30. The fourth-order valence-corrected chi connectivity index (χ4v) is 11.9. The predicted octanol–water partition coefficient (Wildman–Crippen LogP) is 17.1. The molecular weight excluding hydrogens is 1050 g/mol. The molecule has 0 unspecified atom stereocenters. The SMILES string of the molecule is CC(C)(C)c1cc(Oc2ccc3c4cc5c6cccc7c8ccccc8n(c5cc4n(-c4cc(C(C)(C)C)ccn4)c3c2)c76)cc(-n2[c](=[Pt])n(-c3cc(C(C)(C)C)cc(C(C)(C)C)c3)c3ccccc32)c1. The van der Waals surface area contributed by atoms with Gasteiger partial charge in [-0.3, -0.25) is 0 Å². The molecule has 6 nitrogen and oxygen atoms in total. The average molecular weight is 1110 g/mol. The molecule has 7 aromatic carbocycles. The van der Waals surface area contributed by atoms with Crippen LogP contribution in [0.1, 0.15) is 105 Å². The van der Waals surface area contributed by atoms with E-state index in [2.05, 4.69) is 266 Å². The number of pyridine rings is 1. The Labute approximate surface area is 426 Å². The maximum absolute atomic E-state index is 7.14. The van der Waals surface area contributed by atoms with Crippen molar-refractivity contribution in [3.8, 4) is 28.7 Å². The molecule has 0 saturated heterocycles. The molecule has 0 bridgehead atoms. The number of benzene rings is 7. The number of hydrogen-bond acceptors (Lipinski definition) is 2. The number of nitrogens with zero attached hydrogens (tertiary/aromatic N) is 5. The first-order valence-electron chi connectivity index (χ1n) is 24.9. The second-order valence-electron chi connectivity index (χ2n) is 23.8. The van der Waals surface area contributed by atoms with Crippen LogP contribution in [-0.4, -0.2) is 23.1 Å². The van der Waals surface area contributed by atoms with E-state index in [0.29, 0.717) is 0 Å². The molecule has 0 aliphatic heterocycles. The van der Waals surface area contributed by atoms with Gasteiger partial charge in [0.25, 0.3) is 0 Å². The normalized spacial score (nSPS) is 13.2. The molecule has 0 spiro atoms. The van der Waals surface area contributed by atoms with Gasteiger partial charge >= 0.3 is 300 Å². The zero-order valence-corrected chi connectivity index (χ0v) is 45.2. The number of imidazole rings is 1. The van der Waals surface area contributed by atoms with Crippen molar-refractivity contribution in [2.45, 2.75) is 105 Å². The molecule has 12 aromatic rings. The van der Waals surface area contributed by atoms with Crippen LogP contribution in [0.5, 0.6) is 11.5 Å². The Morgan fingerprint density at radius 2 is 0.901 bits per heavy atom. The van der Waals surface area contributed by atoms with E-state index in [-0.39, 0.29) is 21.7 Å². The molecule has 5 heterocycles. The van der Waals surface area contributed by atoms with E-state index in [9.17, 15) is 0 Å². The van der Waals surface area contributed by atoms with Crippen molar-refractivity contribution in [2.24, 2.45) is 0 Å². The van der Waals surface area contributed by atoms with Gasteiger partial charge in [-0.05, 0) is 23.1 Å². The van der Waals surface area contributed by atoms with Crippen molar-refractivity contribution < 1.29 is 24.1 Å². The molecule has 0 aliphatic carbocycles. The Hall–Kier alpha value is -6.75. The van der Waals surface area contributed by atoms with Crippen molar-refractivity contribution in [3.05, 3.63) is 178 Å². The van der Waals surface area contributed by atoms with Gasteiger partial charge in [0.2, 0.25) is 0 Å². The standard InChI is InChI=1S/C64H61N5O.Pt/c1-61(2,3)39-26-27-65-59(33-39)68-56-35-45(24-25-48(56)51-36-52-50-20-17-19-49-47-18-13-14-21-53(47)69(60(49)50)58(52)37-57(51)68)70-46-32-42(64(10,11)12)31-44(34-46)67-38-66(54-22-15-16-23-55(54)67)43-29-40(62(4,5)6)28-41(30-43)63(7,8)9;/h13-37H,1-12H3;. The Morgan fingerprint density at radius 1 is 0.380 bits per heavy atom. The molecule has 5 aromatic heterocycles. The van der Waals surface area contributed by atoms with Gasteiger partial charge in [0, 0.05) is 27.7 Å². The van der Waals surface area contributed by atoms with Crippen LogP contribution in [0.25, 0.3) is 88.1 Å². The molecular formula is C64H61N5OPt. The van der Waals surface area contributed by atoms with Gasteiger partial charge in [0.15, 0.2) is 0 Å². The van der Waals surface area contributed by atoms with E-state index in [1.165, 1.54) is 71.4 Å². The number of aromatic nitrogens is 5. The van der Waals surface area contributed by atoms with Gasteiger partial charge in [0.1, 0.15) is 0 Å². The third-order valence-corrected chi connectivity index (χ3v) is 15.8. The number of para-hydroxylation sites is 4. The van der Waals surface area contributed by atoms with Crippen molar-refractivity contribution in [2.75, 3.05) is 0 Å². The summed E-state index contributed by atoms with van der Waals surface area (Å²) < 4.78 is 17.9. The van der Waals surface area contributed by atoms with Gasteiger partial charge < -0.3 is 4.40 Å². The van der Waals surface area contributed by atoms with E-state index in [1.54, 1.807) is 0 Å². The third-order valence-electron chi connectivity index (χ3n) is 14.8. The maximum atomic E-state index is 7.14. The summed E-state index contributed by atoms with van der Waals surface area (Å²) in [5, 5.41) is 7.40. The average Bonchev–Trinajstić information content (AvgIpc) is 4.03. The van der Waals surface area contributed by atoms with E-state index in [0.717, 1.165) is 54.3 Å². The Kier molecular flexibility index (Phi) is 9.99. The van der Waals surface area contributed by atoms with Gasteiger partial charge in [0.05, 0.1) is 16.6 Å². The second kappa shape index (κ2) is 15.6. The van der Waals surface area contributed by atoms with E-state index < -0.39 is 0 Å². The van der Waals surface area contributed by atoms with Crippen LogP contribution < -0.4 is 4.74 Å². The van der Waals surface area contributed by atoms with Crippen LogP contribution in [0.15, 0.2) is 152 Å². The van der Waals surface area contributed by atoms with Crippen molar-refractivity contribution in [3.63, 3.8) is 0 Å². The molecule has 0 saturated carbocycles. The first-order valence-corrected chi connectivity index (χ1v) is 26.1. The zero-order chi connectivity index (χ0) is 49.7. The van der Waals surface area contributed by atoms with E-state index in [4.69, 9.17) is 9.72 Å². The summed E-state index contributed by atoms with van der Waals surface area (Å²) in [5.41, 5.74) is 15.1. The summed E-state index contributed by atoms with van der Waals surface area (Å²) in [6.07, 6.45) is 1.96. The van der Waals surface area contributed by atoms with Crippen molar-refractivity contribution in [1.82, 2.24) is 23.1 Å². The fourth-order valence-electron chi connectivity index (χ4n) is 10.8.